The molecule has 84 valence electrons. The van der Waals surface area contributed by atoms with Gasteiger partial charge in [-0.1, -0.05) is 30.3 Å². The summed E-state index contributed by atoms with van der Waals surface area (Å²) in [6.07, 6.45) is 4.75. The Labute approximate surface area is 96.4 Å². The van der Waals surface area contributed by atoms with E-state index in [1.807, 2.05) is 12.1 Å². The normalized spacial score (nSPS) is 20.4. The molecule has 0 spiro atoms. The lowest BCUT2D eigenvalue weighted by Gasteiger charge is -2.12. The van der Waals surface area contributed by atoms with Crippen molar-refractivity contribution in [3.63, 3.8) is 0 Å². The number of hydrogen-bond acceptors (Lipinski definition) is 2. The molecule has 1 aromatic carbocycles. The number of carbonyl (C=O) groups is 1. The van der Waals surface area contributed by atoms with Gasteiger partial charge in [-0.15, -0.1) is 0 Å². The van der Waals surface area contributed by atoms with Crippen LogP contribution in [0.5, 0.6) is 0 Å². The minimum atomic E-state index is 0.0966. The van der Waals surface area contributed by atoms with E-state index in [1.54, 1.807) is 13.0 Å². The average molecular weight is 215 g/mol. The fourth-order valence-corrected chi connectivity index (χ4v) is 2.16. The van der Waals surface area contributed by atoms with Crippen LogP contribution in [0.15, 0.2) is 30.3 Å². The Hall–Kier alpha value is -1.41. The predicted octanol–water partition coefficient (Wildman–Crippen LogP) is 2.37. The summed E-state index contributed by atoms with van der Waals surface area (Å²) in [6, 6.07) is 8.33. The molecule has 2 rings (SSSR count). The standard InChI is InChI=1S/C14H17NO/c1-11(16)6-7-12-4-2-3-5-14(12)13-8-9-15-10-13/h2-7,13,15H,8-10H2,1H3. The third-order valence-corrected chi connectivity index (χ3v) is 2.99. The van der Waals surface area contributed by atoms with Crippen molar-refractivity contribution in [1.29, 1.82) is 0 Å². The van der Waals surface area contributed by atoms with Crippen LogP contribution in [-0.2, 0) is 4.79 Å². The zero-order chi connectivity index (χ0) is 11.4. The van der Waals surface area contributed by atoms with E-state index in [0.717, 1.165) is 13.1 Å². The molecule has 2 nitrogen and oxygen atoms in total. The van der Waals surface area contributed by atoms with Crippen molar-refractivity contribution in [2.75, 3.05) is 13.1 Å². The highest BCUT2D eigenvalue weighted by Gasteiger charge is 2.17. The summed E-state index contributed by atoms with van der Waals surface area (Å²) in [5.74, 6) is 0.687. The van der Waals surface area contributed by atoms with Crippen molar-refractivity contribution in [2.24, 2.45) is 0 Å². The SMILES string of the molecule is CC(=O)C=Cc1ccccc1C1CCNC1. The van der Waals surface area contributed by atoms with Crippen molar-refractivity contribution >= 4 is 11.9 Å². The monoisotopic (exact) mass is 215 g/mol. The zero-order valence-corrected chi connectivity index (χ0v) is 9.57. The van der Waals surface area contributed by atoms with Crippen LogP contribution in [-0.4, -0.2) is 18.9 Å². The molecule has 1 aliphatic heterocycles. The van der Waals surface area contributed by atoms with Gasteiger partial charge in [0.25, 0.3) is 0 Å². The van der Waals surface area contributed by atoms with Crippen molar-refractivity contribution in [3.05, 3.63) is 41.5 Å². The molecule has 0 bridgehead atoms. The maximum Gasteiger partial charge on any atom is 0.152 e. The summed E-state index contributed by atoms with van der Waals surface area (Å²) in [5, 5.41) is 3.37. The van der Waals surface area contributed by atoms with Crippen molar-refractivity contribution in [2.45, 2.75) is 19.3 Å². The summed E-state index contributed by atoms with van der Waals surface area (Å²) in [5.41, 5.74) is 2.52. The molecule has 0 aromatic heterocycles. The molecule has 2 heteroatoms. The van der Waals surface area contributed by atoms with Gasteiger partial charge in [0.05, 0.1) is 0 Å². The molecule has 1 aliphatic rings. The van der Waals surface area contributed by atoms with E-state index >= 15 is 0 Å². The molecule has 1 saturated heterocycles. The average Bonchev–Trinajstić information content (AvgIpc) is 2.80. The lowest BCUT2D eigenvalue weighted by molar-refractivity contribution is -0.112. The van der Waals surface area contributed by atoms with Crippen LogP contribution in [0, 0.1) is 0 Å². The Kier molecular flexibility index (Phi) is 3.52. The number of ketones is 1. The van der Waals surface area contributed by atoms with E-state index in [4.69, 9.17) is 0 Å². The lowest BCUT2D eigenvalue weighted by Crippen LogP contribution is -2.08. The van der Waals surface area contributed by atoms with Crippen LogP contribution < -0.4 is 5.32 Å². The first-order valence-corrected chi connectivity index (χ1v) is 5.75. The summed E-state index contributed by atoms with van der Waals surface area (Å²) < 4.78 is 0. The molecular weight excluding hydrogens is 198 g/mol. The van der Waals surface area contributed by atoms with Crippen molar-refractivity contribution in [3.8, 4) is 0 Å². The second-order valence-corrected chi connectivity index (χ2v) is 4.26. The Morgan fingerprint density at radius 2 is 2.25 bits per heavy atom. The van der Waals surface area contributed by atoms with E-state index < -0.39 is 0 Å². The maximum absolute atomic E-state index is 11.0. The smallest absolute Gasteiger partial charge is 0.152 e. The number of nitrogens with one attached hydrogen (secondary N) is 1. The second kappa shape index (κ2) is 5.08. The van der Waals surface area contributed by atoms with Crippen LogP contribution in [0.25, 0.3) is 6.08 Å². The Bertz CT molecular complexity index is 403. The first kappa shape index (κ1) is 11.1. The molecule has 1 N–H and O–H groups in total. The molecule has 0 aliphatic carbocycles. The fraction of sp³-hybridized carbons (Fsp3) is 0.357. The van der Waals surface area contributed by atoms with E-state index in [-0.39, 0.29) is 5.78 Å². The Balaban J connectivity index is 2.26. The molecule has 1 fully saturated rings. The van der Waals surface area contributed by atoms with Gasteiger partial charge in [-0.3, -0.25) is 4.79 Å². The quantitative estimate of drug-likeness (QED) is 0.784. The van der Waals surface area contributed by atoms with E-state index in [1.165, 1.54) is 17.5 Å². The van der Waals surface area contributed by atoms with Crippen LogP contribution in [0.4, 0.5) is 0 Å². The molecule has 1 heterocycles. The number of allylic oxidation sites excluding steroid dienone is 1. The van der Waals surface area contributed by atoms with Gasteiger partial charge in [0.1, 0.15) is 0 Å². The third kappa shape index (κ3) is 2.58. The number of rotatable bonds is 3. The first-order valence-electron chi connectivity index (χ1n) is 5.75. The first-order chi connectivity index (χ1) is 7.77. The summed E-state index contributed by atoms with van der Waals surface area (Å²) in [6.45, 7) is 3.72. The molecule has 16 heavy (non-hydrogen) atoms. The summed E-state index contributed by atoms with van der Waals surface area (Å²) in [4.78, 5) is 11.0. The molecule has 1 unspecified atom stereocenters. The number of carbonyl (C=O) groups excluding carboxylic acids is 1. The fourth-order valence-electron chi connectivity index (χ4n) is 2.16. The van der Waals surface area contributed by atoms with Gasteiger partial charge in [0.2, 0.25) is 0 Å². The number of benzene rings is 1. The van der Waals surface area contributed by atoms with E-state index in [2.05, 4.69) is 23.5 Å². The molecule has 0 amide bonds. The van der Waals surface area contributed by atoms with E-state index in [0.29, 0.717) is 5.92 Å². The lowest BCUT2D eigenvalue weighted by atomic mass is 9.93. The third-order valence-electron chi connectivity index (χ3n) is 2.99. The van der Waals surface area contributed by atoms with Crippen molar-refractivity contribution in [1.82, 2.24) is 5.32 Å². The highest BCUT2D eigenvalue weighted by molar-refractivity contribution is 5.91. The van der Waals surface area contributed by atoms with Gasteiger partial charge in [0.15, 0.2) is 5.78 Å². The highest BCUT2D eigenvalue weighted by atomic mass is 16.1. The van der Waals surface area contributed by atoms with Gasteiger partial charge in [-0.05, 0) is 43.0 Å². The molecule has 1 atom stereocenters. The Morgan fingerprint density at radius 3 is 2.94 bits per heavy atom. The molecule has 1 aromatic rings. The van der Waals surface area contributed by atoms with E-state index in [9.17, 15) is 4.79 Å². The minimum Gasteiger partial charge on any atom is -0.316 e. The predicted molar refractivity (Wildman–Crippen MR) is 66.4 cm³/mol. The number of hydrogen-bond donors (Lipinski definition) is 1. The molecular formula is C14H17NO. The van der Waals surface area contributed by atoms with Crippen molar-refractivity contribution < 1.29 is 4.79 Å². The minimum absolute atomic E-state index is 0.0966. The highest BCUT2D eigenvalue weighted by Crippen LogP contribution is 2.26. The van der Waals surface area contributed by atoms with Crippen LogP contribution in [0.1, 0.15) is 30.4 Å². The largest absolute Gasteiger partial charge is 0.316 e. The zero-order valence-electron chi connectivity index (χ0n) is 9.57. The Morgan fingerprint density at radius 1 is 1.44 bits per heavy atom. The van der Waals surface area contributed by atoms with Crippen LogP contribution >= 0.6 is 0 Å². The van der Waals surface area contributed by atoms with Crippen LogP contribution in [0.2, 0.25) is 0 Å². The summed E-state index contributed by atoms with van der Waals surface area (Å²) >= 11 is 0. The van der Waals surface area contributed by atoms with Gasteiger partial charge >= 0.3 is 0 Å². The summed E-state index contributed by atoms with van der Waals surface area (Å²) in [7, 11) is 0. The maximum atomic E-state index is 11.0. The second-order valence-electron chi connectivity index (χ2n) is 4.26. The van der Waals surface area contributed by atoms with Crippen LogP contribution in [0.3, 0.4) is 0 Å². The molecule has 0 saturated carbocycles. The molecule has 0 radical (unpaired) electrons. The van der Waals surface area contributed by atoms with Gasteiger partial charge < -0.3 is 5.32 Å². The van der Waals surface area contributed by atoms with Gasteiger partial charge in [0, 0.05) is 6.54 Å². The topological polar surface area (TPSA) is 29.1 Å². The van der Waals surface area contributed by atoms with Gasteiger partial charge in [-0.25, -0.2) is 0 Å². The van der Waals surface area contributed by atoms with Gasteiger partial charge in [-0.2, -0.15) is 0 Å².